The van der Waals surface area contributed by atoms with Gasteiger partial charge >= 0.3 is 0 Å². The summed E-state index contributed by atoms with van der Waals surface area (Å²) in [7, 11) is 0. The van der Waals surface area contributed by atoms with Gasteiger partial charge in [0.15, 0.2) is 0 Å². The molecule has 0 radical (unpaired) electrons. The van der Waals surface area contributed by atoms with E-state index in [-0.39, 0.29) is 30.6 Å². The molecule has 0 bridgehead atoms. The third kappa shape index (κ3) is 5.90. The quantitative estimate of drug-likeness (QED) is 0.706. The molecule has 0 unspecified atom stereocenters. The Morgan fingerprint density at radius 3 is 2.65 bits per heavy atom. The highest BCUT2D eigenvalue weighted by Gasteiger charge is 2.32. The summed E-state index contributed by atoms with van der Waals surface area (Å²) in [6.45, 7) is 4.04. The van der Waals surface area contributed by atoms with Crippen LogP contribution in [0.15, 0.2) is 48.8 Å². The summed E-state index contributed by atoms with van der Waals surface area (Å²) in [5.41, 5.74) is 8.30. The topological polar surface area (TPSA) is 96.6 Å². The van der Waals surface area contributed by atoms with Gasteiger partial charge in [-0.05, 0) is 30.0 Å². The first-order valence-electron chi connectivity index (χ1n) is 10.8. The van der Waals surface area contributed by atoms with Gasteiger partial charge in [-0.2, -0.15) is 0 Å². The third-order valence-corrected chi connectivity index (χ3v) is 5.63. The van der Waals surface area contributed by atoms with Crippen molar-refractivity contribution in [1.29, 1.82) is 0 Å². The maximum absolute atomic E-state index is 13.3. The molecule has 0 spiro atoms. The Kier molecular flexibility index (Phi) is 7.76. The minimum atomic E-state index is -0.492. The molecule has 1 aliphatic heterocycles. The minimum Gasteiger partial charge on any atom is -0.370 e. The largest absolute Gasteiger partial charge is 0.370 e. The van der Waals surface area contributed by atoms with Gasteiger partial charge in [-0.3, -0.25) is 19.4 Å². The van der Waals surface area contributed by atoms with Crippen molar-refractivity contribution in [2.45, 2.75) is 32.6 Å². The van der Waals surface area contributed by atoms with E-state index in [1.165, 1.54) is 0 Å². The van der Waals surface area contributed by atoms with E-state index in [1.54, 1.807) is 11.1 Å². The van der Waals surface area contributed by atoms with Gasteiger partial charge in [0.2, 0.25) is 17.7 Å². The predicted octanol–water partition coefficient (Wildman–Crippen LogP) is 2.25. The molecule has 1 saturated heterocycles. The smallest absolute Gasteiger partial charge is 0.227 e. The molecule has 2 heterocycles. The van der Waals surface area contributed by atoms with Crippen LogP contribution in [0.3, 0.4) is 0 Å². The highest BCUT2D eigenvalue weighted by molar-refractivity contribution is 5.85. The Morgan fingerprint density at radius 1 is 1.13 bits per heavy atom. The normalized spacial score (nSPS) is 16.8. The van der Waals surface area contributed by atoms with Crippen molar-refractivity contribution in [2.24, 2.45) is 11.7 Å². The minimum absolute atomic E-state index is 0.0243. The molecule has 31 heavy (non-hydrogen) atoms. The number of primary amides is 1. The first-order chi connectivity index (χ1) is 15.0. The molecule has 1 aromatic carbocycles. The fourth-order valence-corrected chi connectivity index (χ4v) is 4.07. The molecule has 7 heteroatoms. The average molecular weight is 423 g/mol. The first kappa shape index (κ1) is 22.5. The van der Waals surface area contributed by atoms with Crippen molar-refractivity contribution in [2.75, 3.05) is 26.2 Å². The average Bonchev–Trinajstić information content (AvgIpc) is 2.93. The van der Waals surface area contributed by atoms with Crippen LogP contribution in [-0.2, 0) is 20.8 Å². The number of nitrogens with two attached hydrogens (primary N) is 1. The molecule has 2 N–H and O–H groups in total. The summed E-state index contributed by atoms with van der Waals surface area (Å²) in [6, 6.07) is 11.9. The van der Waals surface area contributed by atoms with Crippen molar-refractivity contribution in [3.63, 3.8) is 0 Å². The number of amides is 3. The monoisotopic (exact) mass is 422 g/mol. The van der Waals surface area contributed by atoms with Crippen LogP contribution in [0.25, 0.3) is 11.1 Å². The van der Waals surface area contributed by atoms with Gasteiger partial charge in [0, 0.05) is 57.0 Å². The standard InChI is InChI=1S/C24H30N4O3/c1-2-12-27-13-14-28(23(30)10-9-22(25)29)17-20(24(27)31)15-18-6-3-4-8-21(18)19-7-5-11-26-16-19/h3-8,11,16,20H,2,9-10,12-15,17H2,1H3,(H2,25,29)/t20-/m0/s1. The summed E-state index contributed by atoms with van der Waals surface area (Å²) in [6.07, 6.45) is 5.05. The van der Waals surface area contributed by atoms with Gasteiger partial charge in [0.05, 0.1) is 5.92 Å². The van der Waals surface area contributed by atoms with Crippen LogP contribution in [-0.4, -0.2) is 58.7 Å². The SMILES string of the molecule is CCCN1CCN(C(=O)CCC(N)=O)C[C@H](Cc2ccccc2-c2cccnc2)C1=O. The van der Waals surface area contributed by atoms with Gasteiger partial charge in [0.1, 0.15) is 0 Å². The van der Waals surface area contributed by atoms with Crippen LogP contribution in [0.4, 0.5) is 0 Å². The lowest BCUT2D eigenvalue weighted by molar-refractivity contribution is -0.135. The predicted molar refractivity (Wildman–Crippen MR) is 119 cm³/mol. The molecule has 3 rings (SSSR count). The van der Waals surface area contributed by atoms with Crippen LogP contribution >= 0.6 is 0 Å². The van der Waals surface area contributed by atoms with E-state index in [9.17, 15) is 14.4 Å². The van der Waals surface area contributed by atoms with Crippen LogP contribution in [0, 0.1) is 5.92 Å². The number of hydrogen-bond donors (Lipinski definition) is 1. The van der Waals surface area contributed by atoms with E-state index in [0.29, 0.717) is 32.6 Å². The number of pyridine rings is 1. The molecule has 1 aliphatic rings. The van der Waals surface area contributed by atoms with Crippen molar-refractivity contribution < 1.29 is 14.4 Å². The Hall–Kier alpha value is -3.22. The fourth-order valence-electron chi connectivity index (χ4n) is 4.07. The van der Waals surface area contributed by atoms with Gasteiger partial charge in [-0.15, -0.1) is 0 Å². The number of carbonyl (C=O) groups excluding carboxylic acids is 3. The van der Waals surface area contributed by atoms with Crippen LogP contribution < -0.4 is 5.73 Å². The summed E-state index contributed by atoms with van der Waals surface area (Å²) in [5.74, 6) is -0.887. The Bertz CT molecular complexity index is 916. The van der Waals surface area contributed by atoms with Crippen molar-refractivity contribution in [3.8, 4) is 11.1 Å². The second kappa shape index (κ2) is 10.7. The highest BCUT2D eigenvalue weighted by Crippen LogP contribution is 2.27. The first-order valence-corrected chi connectivity index (χ1v) is 10.8. The van der Waals surface area contributed by atoms with Crippen molar-refractivity contribution in [3.05, 3.63) is 54.4 Å². The number of rotatable bonds is 8. The molecule has 164 valence electrons. The summed E-state index contributed by atoms with van der Waals surface area (Å²) in [4.78, 5) is 44.9. The zero-order chi connectivity index (χ0) is 22.2. The van der Waals surface area contributed by atoms with Crippen LogP contribution in [0.5, 0.6) is 0 Å². The van der Waals surface area contributed by atoms with Crippen molar-refractivity contribution >= 4 is 17.7 Å². The van der Waals surface area contributed by atoms with Gasteiger partial charge in [0.25, 0.3) is 0 Å². The van der Waals surface area contributed by atoms with Crippen LogP contribution in [0.2, 0.25) is 0 Å². The molecule has 1 fully saturated rings. The maximum Gasteiger partial charge on any atom is 0.227 e. The molecule has 2 aromatic rings. The molecule has 3 amide bonds. The molecule has 1 aromatic heterocycles. The third-order valence-electron chi connectivity index (χ3n) is 5.63. The summed E-state index contributed by atoms with van der Waals surface area (Å²) in [5, 5.41) is 0. The van der Waals surface area contributed by atoms with E-state index in [4.69, 9.17) is 5.73 Å². The van der Waals surface area contributed by atoms with E-state index < -0.39 is 5.91 Å². The number of hydrogen-bond acceptors (Lipinski definition) is 4. The molecule has 7 nitrogen and oxygen atoms in total. The Balaban J connectivity index is 1.85. The summed E-state index contributed by atoms with van der Waals surface area (Å²) < 4.78 is 0. The lowest BCUT2D eigenvalue weighted by Crippen LogP contribution is -2.38. The molecule has 0 saturated carbocycles. The second-order valence-electron chi connectivity index (χ2n) is 7.93. The van der Waals surface area contributed by atoms with Crippen LogP contribution in [0.1, 0.15) is 31.7 Å². The number of benzene rings is 1. The van der Waals surface area contributed by atoms with Gasteiger partial charge in [-0.25, -0.2) is 0 Å². The molecule has 0 aliphatic carbocycles. The number of carbonyl (C=O) groups is 3. The van der Waals surface area contributed by atoms with E-state index in [0.717, 1.165) is 23.1 Å². The van der Waals surface area contributed by atoms with E-state index >= 15 is 0 Å². The lowest BCUT2D eigenvalue weighted by Gasteiger charge is -2.24. The van der Waals surface area contributed by atoms with Gasteiger partial charge < -0.3 is 15.5 Å². The van der Waals surface area contributed by atoms with E-state index in [1.807, 2.05) is 54.4 Å². The number of nitrogens with zero attached hydrogens (tertiary/aromatic N) is 3. The highest BCUT2D eigenvalue weighted by atomic mass is 16.2. The fraction of sp³-hybridized carbons (Fsp3) is 0.417. The molecular weight excluding hydrogens is 392 g/mol. The molecular formula is C24H30N4O3. The second-order valence-corrected chi connectivity index (χ2v) is 7.93. The Labute approximate surface area is 183 Å². The molecule has 1 atom stereocenters. The zero-order valence-electron chi connectivity index (χ0n) is 18.0. The lowest BCUT2D eigenvalue weighted by atomic mass is 9.91. The maximum atomic E-state index is 13.3. The zero-order valence-corrected chi connectivity index (χ0v) is 18.0. The Morgan fingerprint density at radius 2 is 1.94 bits per heavy atom. The van der Waals surface area contributed by atoms with Crippen molar-refractivity contribution in [1.82, 2.24) is 14.8 Å². The summed E-state index contributed by atoms with van der Waals surface area (Å²) >= 11 is 0. The van der Waals surface area contributed by atoms with E-state index in [2.05, 4.69) is 4.98 Å². The van der Waals surface area contributed by atoms with Gasteiger partial charge in [-0.1, -0.05) is 37.3 Å². The number of aromatic nitrogens is 1.